The molecular formula is C14H28N2. The smallest absolute Gasteiger partial charge is 0.0229 e. The molecule has 1 aliphatic carbocycles. The van der Waals surface area contributed by atoms with E-state index in [-0.39, 0.29) is 0 Å². The molecule has 1 aliphatic heterocycles. The molecule has 2 heteroatoms. The first kappa shape index (κ1) is 12.4. The minimum Gasteiger partial charge on any atom is -0.315 e. The molecular weight excluding hydrogens is 196 g/mol. The molecule has 0 bridgehead atoms. The first-order chi connectivity index (χ1) is 7.57. The van der Waals surface area contributed by atoms with E-state index in [2.05, 4.69) is 31.1 Å². The Balaban J connectivity index is 1.73. The highest BCUT2D eigenvalue weighted by molar-refractivity contribution is 4.83. The van der Waals surface area contributed by atoms with Gasteiger partial charge in [0, 0.05) is 19.1 Å². The predicted molar refractivity (Wildman–Crippen MR) is 69.6 cm³/mol. The molecule has 2 rings (SSSR count). The van der Waals surface area contributed by atoms with Crippen molar-refractivity contribution in [1.82, 2.24) is 10.2 Å². The van der Waals surface area contributed by atoms with Gasteiger partial charge < -0.3 is 10.2 Å². The molecule has 0 spiro atoms. The summed E-state index contributed by atoms with van der Waals surface area (Å²) < 4.78 is 0. The summed E-state index contributed by atoms with van der Waals surface area (Å²) in [4.78, 5) is 2.60. The van der Waals surface area contributed by atoms with Crippen molar-refractivity contribution in [3.8, 4) is 0 Å². The lowest BCUT2D eigenvalue weighted by atomic mass is 9.73. The Morgan fingerprint density at radius 2 is 1.88 bits per heavy atom. The van der Waals surface area contributed by atoms with Gasteiger partial charge in [-0.3, -0.25) is 0 Å². The maximum atomic E-state index is 3.46. The SMILES string of the molecule is CN(CC1CCC(C)(C)CC1)C1CCNC1. The Hall–Kier alpha value is -0.0800. The summed E-state index contributed by atoms with van der Waals surface area (Å²) >= 11 is 0. The Kier molecular flexibility index (Phi) is 3.91. The van der Waals surface area contributed by atoms with Gasteiger partial charge in [-0.2, -0.15) is 0 Å². The van der Waals surface area contributed by atoms with Crippen LogP contribution in [0.1, 0.15) is 46.0 Å². The minimum atomic E-state index is 0.615. The average molecular weight is 224 g/mol. The fourth-order valence-electron chi connectivity index (χ4n) is 3.21. The molecule has 1 unspecified atom stereocenters. The summed E-state index contributed by atoms with van der Waals surface area (Å²) in [5.41, 5.74) is 0.615. The van der Waals surface area contributed by atoms with E-state index in [0.29, 0.717) is 5.41 Å². The second-order valence-corrected chi connectivity index (χ2v) is 6.69. The Labute approximate surface area is 101 Å². The highest BCUT2D eigenvalue weighted by Gasteiger charge is 2.28. The summed E-state index contributed by atoms with van der Waals surface area (Å²) in [6, 6.07) is 0.801. The Morgan fingerprint density at radius 1 is 1.19 bits per heavy atom. The molecule has 2 nitrogen and oxygen atoms in total. The number of nitrogens with zero attached hydrogens (tertiary/aromatic N) is 1. The third-order valence-corrected chi connectivity index (χ3v) is 4.66. The van der Waals surface area contributed by atoms with Gasteiger partial charge in [0.1, 0.15) is 0 Å². The number of nitrogens with one attached hydrogen (secondary N) is 1. The normalized spacial score (nSPS) is 31.1. The predicted octanol–water partition coefficient (Wildman–Crippen LogP) is 2.50. The van der Waals surface area contributed by atoms with Crippen LogP contribution >= 0.6 is 0 Å². The lowest BCUT2D eigenvalue weighted by molar-refractivity contribution is 0.139. The average Bonchev–Trinajstić information content (AvgIpc) is 2.74. The van der Waals surface area contributed by atoms with Crippen LogP contribution in [-0.2, 0) is 0 Å². The van der Waals surface area contributed by atoms with Crippen LogP contribution in [0.4, 0.5) is 0 Å². The molecule has 0 aromatic heterocycles. The maximum Gasteiger partial charge on any atom is 0.0229 e. The van der Waals surface area contributed by atoms with Crippen molar-refractivity contribution in [1.29, 1.82) is 0 Å². The fourth-order valence-corrected chi connectivity index (χ4v) is 3.21. The van der Waals surface area contributed by atoms with Crippen molar-refractivity contribution in [2.75, 3.05) is 26.7 Å². The fraction of sp³-hybridized carbons (Fsp3) is 1.00. The van der Waals surface area contributed by atoms with Crippen LogP contribution < -0.4 is 5.32 Å². The van der Waals surface area contributed by atoms with E-state index >= 15 is 0 Å². The van der Waals surface area contributed by atoms with E-state index in [9.17, 15) is 0 Å². The van der Waals surface area contributed by atoms with Crippen molar-refractivity contribution in [2.24, 2.45) is 11.3 Å². The largest absolute Gasteiger partial charge is 0.315 e. The molecule has 1 saturated heterocycles. The van der Waals surface area contributed by atoms with Gasteiger partial charge in [-0.15, -0.1) is 0 Å². The van der Waals surface area contributed by atoms with Crippen LogP contribution in [0.2, 0.25) is 0 Å². The van der Waals surface area contributed by atoms with Crippen molar-refractivity contribution < 1.29 is 0 Å². The molecule has 2 fully saturated rings. The van der Waals surface area contributed by atoms with Crippen LogP contribution in [0.5, 0.6) is 0 Å². The lowest BCUT2D eigenvalue weighted by Gasteiger charge is -2.37. The van der Waals surface area contributed by atoms with Crippen molar-refractivity contribution >= 4 is 0 Å². The van der Waals surface area contributed by atoms with Gasteiger partial charge >= 0.3 is 0 Å². The zero-order valence-electron chi connectivity index (χ0n) is 11.3. The second-order valence-electron chi connectivity index (χ2n) is 6.69. The van der Waals surface area contributed by atoms with Gasteiger partial charge in [0.25, 0.3) is 0 Å². The quantitative estimate of drug-likeness (QED) is 0.792. The van der Waals surface area contributed by atoms with Crippen LogP contribution in [-0.4, -0.2) is 37.6 Å². The molecule has 2 aliphatic rings. The third-order valence-electron chi connectivity index (χ3n) is 4.66. The number of likely N-dealkylation sites (N-methyl/N-ethyl adjacent to an activating group) is 1. The van der Waals surface area contributed by atoms with Gasteiger partial charge in [0.15, 0.2) is 0 Å². The zero-order valence-corrected chi connectivity index (χ0v) is 11.3. The molecule has 1 saturated carbocycles. The standard InChI is InChI=1S/C14H28N2/c1-14(2)7-4-12(5-8-14)11-16(3)13-6-9-15-10-13/h12-13,15H,4-11H2,1-3H3. The maximum absolute atomic E-state index is 3.46. The van der Waals surface area contributed by atoms with E-state index in [1.165, 1.54) is 51.7 Å². The first-order valence-corrected chi connectivity index (χ1v) is 6.98. The van der Waals surface area contributed by atoms with Crippen molar-refractivity contribution in [3.63, 3.8) is 0 Å². The minimum absolute atomic E-state index is 0.615. The van der Waals surface area contributed by atoms with Crippen molar-refractivity contribution in [2.45, 2.75) is 52.0 Å². The van der Waals surface area contributed by atoms with Gasteiger partial charge in [0.2, 0.25) is 0 Å². The van der Waals surface area contributed by atoms with Crippen LogP contribution in [0.15, 0.2) is 0 Å². The van der Waals surface area contributed by atoms with Gasteiger partial charge in [-0.25, -0.2) is 0 Å². The monoisotopic (exact) mass is 224 g/mol. The Morgan fingerprint density at radius 3 is 2.44 bits per heavy atom. The van der Waals surface area contributed by atoms with Crippen LogP contribution in [0.3, 0.4) is 0 Å². The van der Waals surface area contributed by atoms with Crippen LogP contribution in [0, 0.1) is 11.3 Å². The van der Waals surface area contributed by atoms with Gasteiger partial charge in [0.05, 0.1) is 0 Å². The highest BCUT2D eigenvalue weighted by Crippen LogP contribution is 2.38. The highest BCUT2D eigenvalue weighted by atomic mass is 15.2. The van der Waals surface area contributed by atoms with E-state index in [0.717, 1.165) is 12.0 Å². The van der Waals surface area contributed by atoms with E-state index in [1.54, 1.807) is 0 Å². The molecule has 0 amide bonds. The van der Waals surface area contributed by atoms with E-state index < -0.39 is 0 Å². The molecule has 0 aromatic rings. The number of hydrogen-bond acceptors (Lipinski definition) is 2. The molecule has 1 heterocycles. The van der Waals surface area contributed by atoms with Crippen LogP contribution in [0.25, 0.3) is 0 Å². The summed E-state index contributed by atoms with van der Waals surface area (Å²) in [6.45, 7) is 8.59. The second kappa shape index (κ2) is 5.05. The number of rotatable bonds is 3. The summed E-state index contributed by atoms with van der Waals surface area (Å²) in [5.74, 6) is 0.957. The van der Waals surface area contributed by atoms with Gasteiger partial charge in [-0.05, 0) is 57.0 Å². The molecule has 1 atom stereocenters. The van der Waals surface area contributed by atoms with E-state index in [1.807, 2.05) is 0 Å². The molecule has 0 aromatic carbocycles. The first-order valence-electron chi connectivity index (χ1n) is 6.98. The molecule has 0 radical (unpaired) electrons. The summed E-state index contributed by atoms with van der Waals surface area (Å²) in [6.07, 6.45) is 7.08. The third kappa shape index (κ3) is 3.21. The molecule has 94 valence electrons. The topological polar surface area (TPSA) is 15.3 Å². The van der Waals surface area contributed by atoms with Crippen molar-refractivity contribution in [3.05, 3.63) is 0 Å². The summed E-state index contributed by atoms with van der Waals surface area (Å²) in [7, 11) is 2.32. The zero-order chi connectivity index (χ0) is 11.6. The summed E-state index contributed by atoms with van der Waals surface area (Å²) in [5, 5.41) is 3.46. The van der Waals surface area contributed by atoms with Gasteiger partial charge in [-0.1, -0.05) is 13.8 Å². The molecule has 1 N–H and O–H groups in total. The lowest BCUT2D eigenvalue weighted by Crippen LogP contribution is -2.38. The van der Waals surface area contributed by atoms with E-state index in [4.69, 9.17) is 0 Å². The Bertz CT molecular complexity index is 209. The molecule has 16 heavy (non-hydrogen) atoms. The number of hydrogen-bond donors (Lipinski definition) is 1.